The average molecular weight is 173 g/mol. The van der Waals surface area contributed by atoms with Crippen molar-refractivity contribution in [2.24, 2.45) is 0 Å². The van der Waals surface area contributed by atoms with Crippen molar-refractivity contribution in [3.05, 3.63) is 35.9 Å². The molecule has 1 aromatic rings. The Hall–Kier alpha value is -0.990. The average Bonchev–Trinajstić information content (AvgIpc) is 2.07. The number of hydrogen-bond donors (Lipinski definition) is 0. The largest absolute Gasteiger partial charge is 0.250 e. The molecule has 1 unspecified atom stereocenters. The first-order chi connectivity index (χ1) is 5.75. The minimum Gasteiger partial charge on any atom is -0.250 e. The lowest BCUT2D eigenvalue weighted by molar-refractivity contribution is 0.101. The van der Waals surface area contributed by atoms with Gasteiger partial charge in [0, 0.05) is 0 Å². The molecule has 0 aliphatic carbocycles. The Bertz CT molecular complexity index is 220. The Morgan fingerprint density at radius 3 is 2.25 bits per heavy atom. The van der Waals surface area contributed by atoms with Crippen molar-refractivity contribution < 1.29 is 13.2 Å². The van der Waals surface area contributed by atoms with E-state index in [1.165, 1.54) is 24.3 Å². The Labute approximate surface area is 69.0 Å². The van der Waals surface area contributed by atoms with E-state index in [-0.39, 0.29) is 0 Å². The summed E-state index contributed by atoms with van der Waals surface area (Å²) in [6.45, 7) is -1.03. The lowest BCUT2D eigenvalue weighted by Gasteiger charge is -2.11. The molecule has 3 heteroatoms. The van der Waals surface area contributed by atoms with Crippen LogP contribution in [-0.2, 0) is 0 Å². The molecule has 0 aliphatic heterocycles. The molecule has 1 rings (SSSR count). The lowest BCUT2D eigenvalue weighted by atomic mass is 10.0. The molecular formula is C9H8F3. The standard InChI is InChI=1S/C9H8F3/c10-6-8(9(11)12)7-4-2-1-3-5-7/h2-5,8-9H,6H2. The zero-order valence-electron chi connectivity index (χ0n) is 6.31. The molecule has 0 bridgehead atoms. The Balaban J connectivity index is 2.80. The second-order valence-electron chi connectivity index (χ2n) is 2.43. The minimum absolute atomic E-state index is 0.325. The molecule has 1 radical (unpaired) electrons. The third-order valence-electron chi connectivity index (χ3n) is 1.64. The lowest BCUT2D eigenvalue weighted by Crippen LogP contribution is -2.10. The maximum atomic E-state index is 12.1. The first-order valence-electron chi connectivity index (χ1n) is 3.56. The number of alkyl halides is 3. The molecule has 0 N–H and O–H groups in total. The van der Waals surface area contributed by atoms with Gasteiger partial charge in [0.1, 0.15) is 6.67 Å². The third-order valence-corrected chi connectivity index (χ3v) is 1.64. The molecule has 65 valence electrons. The first kappa shape index (κ1) is 9.10. The van der Waals surface area contributed by atoms with E-state index in [1.807, 2.05) is 0 Å². The van der Waals surface area contributed by atoms with Crippen molar-refractivity contribution in [2.45, 2.75) is 12.3 Å². The van der Waals surface area contributed by atoms with Gasteiger partial charge in [-0.25, -0.2) is 8.78 Å². The monoisotopic (exact) mass is 173 g/mol. The Morgan fingerprint density at radius 1 is 1.25 bits per heavy atom. The van der Waals surface area contributed by atoms with Gasteiger partial charge >= 0.3 is 0 Å². The summed E-state index contributed by atoms with van der Waals surface area (Å²) in [5.74, 6) is -1.29. The van der Waals surface area contributed by atoms with Gasteiger partial charge in [-0.3, -0.25) is 4.39 Å². The van der Waals surface area contributed by atoms with Gasteiger partial charge in [0.25, 0.3) is 0 Å². The number of halogens is 3. The van der Waals surface area contributed by atoms with Gasteiger partial charge in [0.05, 0.1) is 5.92 Å². The highest BCUT2D eigenvalue weighted by Crippen LogP contribution is 2.23. The molecule has 0 aliphatic rings. The molecule has 0 fully saturated rings. The zero-order valence-corrected chi connectivity index (χ0v) is 6.31. The highest BCUT2D eigenvalue weighted by atomic mass is 19.3. The summed E-state index contributed by atoms with van der Waals surface area (Å²) >= 11 is 0. The fourth-order valence-electron chi connectivity index (χ4n) is 0.949. The van der Waals surface area contributed by atoms with Gasteiger partial charge in [-0.05, 0) is 11.6 Å². The zero-order chi connectivity index (χ0) is 8.97. The van der Waals surface area contributed by atoms with E-state index < -0.39 is 19.0 Å². The fourth-order valence-corrected chi connectivity index (χ4v) is 0.949. The van der Waals surface area contributed by atoms with Crippen molar-refractivity contribution in [1.29, 1.82) is 0 Å². The second kappa shape index (κ2) is 4.14. The maximum absolute atomic E-state index is 12.1. The van der Waals surface area contributed by atoms with Crippen LogP contribution in [-0.4, -0.2) is 13.1 Å². The van der Waals surface area contributed by atoms with Gasteiger partial charge in [-0.15, -0.1) is 0 Å². The van der Waals surface area contributed by atoms with E-state index in [9.17, 15) is 13.2 Å². The molecule has 0 nitrogen and oxygen atoms in total. The quantitative estimate of drug-likeness (QED) is 0.659. The normalized spacial score (nSPS) is 13.3. The van der Waals surface area contributed by atoms with E-state index >= 15 is 0 Å². The van der Waals surface area contributed by atoms with Crippen LogP contribution < -0.4 is 0 Å². The van der Waals surface area contributed by atoms with Crippen LogP contribution >= 0.6 is 0 Å². The van der Waals surface area contributed by atoms with Crippen LogP contribution in [0.15, 0.2) is 24.3 Å². The molecule has 0 amide bonds. The molecule has 12 heavy (non-hydrogen) atoms. The third kappa shape index (κ3) is 2.00. The molecule has 0 spiro atoms. The van der Waals surface area contributed by atoms with Crippen molar-refractivity contribution >= 4 is 0 Å². The summed E-state index contributed by atoms with van der Waals surface area (Å²) in [5, 5.41) is 0. The summed E-state index contributed by atoms with van der Waals surface area (Å²) in [6, 6.07) is 8.59. The smallest absolute Gasteiger partial charge is 0.247 e. The van der Waals surface area contributed by atoms with Crippen LogP contribution in [0, 0.1) is 6.07 Å². The van der Waals surface area contributed by atoms with Crippen molar-refractivity contribution in [3.8, 4) is 0 Å². The van der Waals surface area contributed by atoms with Crippen LogP contribution in [0.1, 0.15) is 11.5 Å². The van der Waals surface area contributed by atoms with Crippen LogP contribution in [0.4, 0.5) is 13.2 Å². The summed E-state index contributed by atoms with van der Waals surface area (Å²) < 4.78 is 36.4. The summed E-state index contributed by atoms with van der Waals surface area (Å²) in [4.78, 5) is 0. The van der Waals surface area contributed by atoms with Gasteiger partial charge in [0.15, 0.2) is 0 Å². The van der Waals surface area contributed by atoms with Crippen LogP contribution in [0.5, 0.6) is 0 Å². The molecule has 1 atom stereocenters. The van der Waals surface area contributed by atoms with Gasteiger partial charge < -0.3 is 0 Å². The number of hydrogen-bond acceptors (Lipinski definition) is 0. The van der Waals surface area contributed by atoms with Gasteiger partial charge in [-0.2, -0.15) is 0 Å². The minimum atomic E-state index is -2.64. The van der Waals surface area contributed by atoms with Crippen molar-refractivity contribution in [1.82, 2.24) is 0 Å². The van der Waals surface area contributed by atoms with Gasteiger partial charge in [0.2, 0.25) is 6.43 Å². The summed E-state index contributed by atoms with van der Waals surface area (Å²) in [6.07, 6.45) is -2.64. The maximum Gasteiger partial charge on any atom is 0.247 e. The molecule has 0 saturated heterocycles. The number of benzene rings is 1. The fraction of sp³-hybridized carbons (Fsp3) is 0.333. The van der Waals surface area contributed by atoms with Crippen molar-refractivity contribution in [3.63, 3.8) is 0 Å². The van der Waals surface area contributed by atoms with E-state index in [4.69, 9.17) is 0 Å². The van der Waals surface area contributed by atoms with Gasteiger partial charge in [-0.1, -0.05) is 24.3 Å². The molecule has 1 aromatic carbocycles. The molecule has 0 aromatic heterocycles. The van der Waals surface area contributed by atoms with Crippen LogP contribution in [0.25, 0.3) is 0 Å². The van der Waals surface area contributed by atoms with Crippen LogP contribution in [0.2, 0.25) is 0 Å². The van der Waals surface area contributed by atoms with Crippen LogP contribution in [0.3, 0.4) is 0 Å². The summed E-state index contributed by atoms with van der Waals surface area (Å²) in [5.41, 5.74) is 0.325. The highest BCUT2D eigenvalue weighted by Gasteiger charge is 2.21. The Kier molecular flexibility index (Phi) is 3.14. The predicted octanol–water partition coefficient (Wildman–Crippen LogP) is 2.80. The first-order valence-corrected chi connectivity index (χ1v) is 3.56. The molecule has 0 heterocycles. The van der Waals surface area contributed by atoms with E-state index in [2.05, 4.69) is 6.07 Å². The molecular weight excluding hydrogens is 165 g/mol. The Morgan fingerprint density at radius 2 is 1.83 bits per heavy atom. The van der Waals surface area contributed by atoms with E-state index in [0.717, 1.165) is 0 Å². The number of rotatable bonds is 3. The van der Waals surface area contributed by atoms with E-state index in [0.29, 0.717) is 5.56 Å². The predicted molar refractivity (Wildman–Crippen MR) is 40.0 cm³/mol. The SMILES string of the molecule is FCC(c1cc[c]cc1)C(F)F. The summed E-state index contributed by atoms with van der Waals surface area (Å²) in [7, 11) is 0. The highest BCUT2D eigenvalue weighted by molar-refractivity contribution is 5.19. The topological polar surface area (TPSA) is 0 Å². The molecule has 0 saturated carbocycles. The second-order valence-corrected chi connectivity index (χ2v) is 2.43. The van der Waals surface area contributed by atoms with E-state index in [1.54, 1.807) is 0 Å². The van der Waals surface area contributed by atoms with Crippen molar-refractivity contribution in [2.75, 3.05) is 6.67 Å².